The first-order valence-corrected chi connectivity index (χ1v) is 13.0. The SMILES string of the molecule is Cc1ccc(S(=O)(=O)[N-]Cl)cc1.O=C1OCC2C1N(Cc1ccccc1)C(=O)N2Cc1ccccc1.[Na+]. The number of carbonyl (C=O) groups is 2. The maximum atomic E-state index is 12.9. The van der Waals surface area contributed by atoms with E-state index in [2.05, 4.69) is 4.24 Å². The van der Waals surface area contributed by atoms with Crippen LogP contribution in [-0.4, -0.2) is 48.9 Å². The third-order valence-electron chi connectivity index (χ3n) is 6.03. The van der Waals surface area contributed by atoms with Gasteiger partial charge in [0.1, 0.15) is 16.6 Å². The molecule has 188 valence electrons. The Hall–Kier alpha value is -2.40. The van der Waals surface area contributed by atoms with Gasteiger partial charge in [0.15, 0.2) is 6.04 Å². The van der Waals surface area contributed by atoms with E-state index < -0.39 is 16.1 Å². The van der Waals surface area contributed by atoms with Gasteiger partial charge >= 0.3 is 41.6 Å². The number of hydrogen-bond acceptors (Lipinski definition) is 5. The van der Waals surface area contributed by atoms with E-state index in [0.29, 0.717) is 13.1 Å². The molecule has 2 fully saturated rings. The van der Waals surface area contributed by atoms with Crippen molar-refractivity contribution in [2.75, 3.05) is 6.61 Å². The largest absolute Gasteiger partial charge is 1.00 e. The molecule has 5 rings (SSSR count). The zero-order valence-corrected chi connectivity index (χ0v) is 24.1. The molecule has 2 aliphatic heterocycles. The van der Waals surface area contributed by atoms with Crippen molar-refractivity contribution in [2.45, 2.75) is 37.0 Å². The van der Waals surface area contributed by atoms with Crippen LogP contribution in [0.4, 0.5) is 4.79 Å². The standard InChI is InChI=1S/C19H18N2O3.C7H7ClNO2S.Na/c22-18-17-16(13-24-18)20(11-14-7-3-1-4-8-14)19(23)21(17)12-15-9-5-2-6-10-15;1-6-2-4-7(5-3-6)12(10,11)9-8;/h1-10,16-17H,11-13H2;2-5H,1H3;/q;-1;+1. The quantitative estimate of drug-likeness (QED) is 0.344. The van der Waals surface area contributed by atoms with Crippen LogP contribution in [0.25, 0.3) is 4.24 Å². The fraction of sp³-hybridized carbons (Fsp3) is 0.231. The third-order valence-corrected chi connectivity index (χ3v) is 7.63. The topological polar surface area (TPSA) is 98.1 Å². The van der Waals surface area contributed by atoms with Crippen molar-refractivity contribution in [3.63, 3.8) is 0 Å². The van der Waals surface area contributed by atoms with Crippen LogP contribution in [0.2, 0.25) is 0 Å². The number of cyclic esters (lactones) is 1. The van der Waals surface area contributed by atoms with E-state index in [1.807, 2.05) is 67.6 Å². The van der Waals surface area contributed by atoms with Gasteiger partial charge in [-0.2, -0.15) is 0 Å². The van der Waals surface area contributed by atoms with Gasteiger partial charge in [0.25, 0.3) is 0 Å². The number of ether oxygens (including phenoxy) is 1. The van der Waals surface area contributed by atoms with Crippen LogP contribution in [0.3, 0.4) is 0 Å². The predicted octanol–water partition coefficient (Wildman–Crippen LogP) is 1.63. The second-order valence-corrected chi connectivity index (χ2v) is 10.5. The Morgan fingerprint density at radius 1 is 0.865 bits per heavy atom. The van der Waals surface area contributed by atoms with Crippen molar-refractivity contribution in [1.82, 2.24) is 9.80 Å². The summed E-state index contributed by atoms with van der Waals surface area (Å²) in [4.78, 5) is 28.6. The molecule has 0 N–H and O–H groups in total. The van der Waals surface area contributed by atoms with Crippen LogP contribution in [-0.2, 0) is 32.6 Å². The molecule has 2 aliphatic rings. The molecule has 3 aromatic carbocycles. The smallest absolute Gasteiger partial charge is 0.462 e. The summed E-state index contributed by atoms with van der Waals surface area (Å²) in [7, 11) is -3.62. The molecule has 8 nitrogen and oxygen atoms in total. The number of rotatable bonds is 6. The minimum atomic E-state index is -3.62. The van der Waals surface area contributed by atoms with E-state index in [1.165, 1.54) is 12.1 Å². The maximum absolute atomic E-state index is 12.9. The van der Waals surface area contributed by atoms with Gasteiger partial charge < -0.3 is 18.8 Å². The molecule has 0 saturated carbocycles. The average Bonchev–Trinajstić information content (AvgIpc) is 3.39. The van der Waals surface area contributed by atoms with Gasteiger partial charge in [-0.15, -0.1) is 0 Å². The van der Waals surface area contributed by atoms with Crippen molar-refractivity contribution in [3.05, 3.63) is 106 Å². The molecule has 2 atom stereocenters. The number of fused-ring (bicyclic) bond motifs is 1. The summed E-state index contributed by atoms with van der Waals surface area (Å²) < 4.78 is 30.0. The molecular formula is C26H25ClN3NaO5S. The molecule has 2 amide bonds. The first kappa shape index (κ1) is 29.2. The number of esters is 1. The first-order valence-electron chi connectivity index (χ1n) is 11.3. The Kier molecular flexibility index (Phi) is 10.2. The summed E-state index contributed by atoms with van der Waals surface area (Å²) in [6.45, 7) is 3.05. The van der Waals surface area contributed by atoms with Crippen molar-refractivity contribution >= 4 is 33.8 Å². The van der Waals surface area contributed by atoms with E-state index in [9.17, 15) is 18.0 Å². The third kappa shape index (κ3) is 6.93. The van der Waals surface area contributed by atoms with Gasteiger partial charge in [-0.1, -0.05) is 78.4 Å². The maximum Gasteiger partial charge on any atom is 1.00 e. The van der Waals surface area contributed by atoms with Gasteiger partial charge in [0, 0.05) is 18.0 Å². The molecule has 2 saturated heterocycles. The van der Waals surface area contributed by atoms with Crippen molar-refractivity contribution in [2.24, 2.45) is 0 Å². The molecule has 2 heterocycles. The second kappa shape index (κ2) is 12.9. The number of hydrogen-bond donors (Lipinski definition) is 0. The van der Waals surface area contributed by atoms with Crippen LogP contribution in [0.5, 0.6) is 0 Å². The van der Waals surface area contributed by atoms with E-state index in [1.54, 1.807) is 21.9 Å². The molecule has 3 aromatic rings. The minimum absolute atomic E-state index is 0. The van der Waals surface area contributed by atoms with Gasteiger partial charge in [0.2, 0.25) is 0 Å². The normalized spacial score (nSPS) is 18.4. The Morgan fingerprint density at radius 2 is 1.38 bits per heavy atom. The molecule has 0 aliphatic carbocycles. The van der Waals surface area contributed by atoms with Crippen molar-refractivity contribution in [3.8, 4) is 0 Å². The number of aryl methyl sites for hydroxylation is 1. The van der Waals surface area contributed by atoms with Crippen LogP contribution in [0.15, 0.2) is 89.8 Å². The van der Waals surface area contributed by atoms with Gasteiger partial charge in [-0.05, 0) is 30.2 Å². The van der Waals surface area contributed by atoms with Gasteiger partial charge in [0.05, 0.1) is 6.04 Å². The van der Waals surface area contributed by atoms with Crippen molar-refractivity contribution < 1.29 is 52.3 Å². The van der Waals surface area contributed by atoms with Crippen LogP contribution >= 0.6 is 11.8 Å². The zero-order valence-electron chi connectivity index (χ0n) is 20.5. The number of amides is 2. The molecule has 0 radical (unpaired) electrons. The molecule has 11 heteroatoms. The van der Waals surface area contributed by atoms with Crippen molar-refractivity contribution in [1.29, 1.82) is 0 Å². The van der Waals surface area contributed by atoms with E-state index in [0.717, 1.165) is 16.7 Å². The molecule has 0 bridgehead atoms. The average molecular weight is 550 g/mol. The number of carbonyl (C=O) groups excluding carboxylic acids is 2. The van der Waals surface area contributed by atoms with E-state index in [-0.39, 0.29) is 59.1 Å². The number of sulfonamides is 1. The fourth-order valence-electron chi connectivity index (χ4n) is 4.18. The molecule has 37 heavy (non-hydrogen) atoms. The van der Waals surface area contributed by atoms with Crippen LogP contribution in [0.1, 0.15) is 16.7 Å². The number of benzene rings is 3. The molecule has 2 unspecified atom stereocenters. The summed E-state index contributed by atoms with van der Waals surface area (Å²) in [5.41, 5.74) is 3.04. The van der Waals surface area contributed by atoms with E-state index in [4.69, 9.17) is 16.5 Å². The number of urea groups is 1. The molecule has 0 spiro atoms. The summed E-state index contributed by atoms with van der Waals surface area (Å²) in [5.74, 6) is -0.306. The van der Waals surface area contributed by atoms with Crippen LogP contribution < -0.4 is 29.6 Å². The zero-order chi connectivity index (χ0) is 25.7. The van der Waals surface area contributed by atoms with Crippen LogP contribution in [0, 0.1) is 6.92 Å². The summed E-state index contributed by atoms with van der Waals surface area (Å²) >= 11 is 4.90. The molecule has 0 aromatic heterocycles. The summed E-state index contributed by atoms with van der Waals surface area (Å²) in [6, 6.07) is 25.0. The Balaban J connectivity index is 0.000000249. The first-order chi connectivity index (χ1) is 17.3. The van der Waals surface area contributed by atoms with Gasteiger partial charge in [-0.3, -0.25) is 11.8 Å². The van der Waals surface area contributed by atoms with Gasteiger partial charge in [-0.25, -0.2) is 18.0 Å². The summed E-state index contributed by atoms with van der Waals surface area (Å²) in [6.07, 6.45) is 0. The molecular weight excluding hydrogens is 525 g/mol. The number of nitrogens with zero attached hydrogens (tertiary/aromatic N) is 3. The van der Waals surface area contributed by atoms with E-state index >= 15 is 0 Å². The predicted molar refractivity (Wildman–Crippen MR) is 135 cm³/mol. The monoisotopic (exact) mass is 549 g/mol. The minimum Gasteiger partial charge on any atom is -0.462 e. The Labute approximate surface area is 244 Å². The Morgan fingerprint density at radius 3 is 1.89 bits per heavy atom. The second-order valence-electron chi connectivity index (χ2n) is 8.51. The summed E-state index contributed by atoms with van der Waals surface area (Å²) in [5, 5.41) is 0. The fourth-order valence-corrected chi connectivity index (χ4v) is 4.98. The number of halogens is 1. The Bertz CT molecular complexity index is 1310.